The zero-order chi connectivity index (χ0) is 18.3. The Balaban J connectivity index is 1.40. The summed E-state index contributed by atoms with van der Waals surface area (Å²) in [5.41, 5.74) is 2.41. The Labute approximate surface area is 158 Å². The van der Waals surface area contributed by atoms with Gasteiger partial charge in [-0.25, -0.2) is 8.42 Å². The van der Waals surface area contributed by atoms with E-state index in [4.69, 9.17) is 11.6 Å². The first kappa shape index (κ1) is 17.4. The van der Waals surface area contributed by atoms with Gasteiger partial charge in [0.25, 0.3) is 0 Å². The highest BCUT2D eigenvalue weighted by molar-refractivity contribution is 7.93. The van der Waals surface area contributed by atoms with Crippen molar-refractivity contribution in [2.75, 3.05) is 21.9 Å². The zero-order valence-electron chi connectivity index (χ0n) is 14.1. The average Bonchev–Trinajstić information content (AvgIpc) is 3.33. The fourth-order valence-electron chi connectivity index (χ4n) is 3.47. The van der Waals surface area contributed by atoms with E-state index in [2.05, 4.69) is 5.32 Å². The summed E-state index contributed by atoms with van der Waals surface area (Å²) in [6.45, 7) is 0.511. The van der Waals surface area contributed by atoms with Crippen LogP contribution in [0.25, 0.3) is 0 Å². The van der Waals surface area contributed by atoms with Crippen LogP contribution in [0.3, 0.4) is 0 Å². The van der Waals surface area contributed by atoms with E-state index in [1.54, 1.807) is 24.3 Å². The molecule has 7 heteroatoms. The topological polar surface area (TPSA) is 66.5 Å². The van der Waals surface area contributed by atoms with Gasteiger partial charge in [0, 0.05) is 23.2 Å². The largest absolute Gasteiger partial charge is 0.326 e. The van der Waals surface area contributed by atoms with Gasteiger partial charge in [0.15, 0.2) is 0 Å². The van der Waals surface area contributed by atoms with Gasteiger partial charge in [0.1, 0.15) is 0 Å². The van der Waals surface area contributed by atoms with Gasteiger partial charge in [-0.15, -0.1) is 0 Å². The third-order valence-corrected chi connectivity index (χ3v) is 7.03. The van der Waals surface area contributed by atoms with Gasteiger partial charge >= 0.3 is 0 Å². The summed E-state index contributed by atoms with van der Waals surface area (Å²) in [7, 11) is -3.19. The number of hydrogen-bond acceptors (Lipinski definition) is 3. The maximum absolute atomic E-state index is 12.4. The monoisotopic (exact) mass is 390 g/mol. The van der Waals surface area contributed by atoms with Gasteiger partial charge in [0.05, 0.1) is 11.4 Å². The normalized spacial score (nSPS) is 23.7. The molecule has 136 valence electrons. The Hall–Kier alpha value is -2.05. The molecule has 0 radical (unpaired) electrons. The molecule has 1 aliphatic carbocycles. The van der Waals surface area contributed by atoms with E-state index in [1.807, 2.05) is 24.3 Å². The molecular weight excluding hydrogens is 372 g/mol. The summed E-state index contributed by atoms with van der Waals surface area (Å²) in [4.78, 5) is 12.4. The molecule has 2 atom stereocenters. The molecule has 2 fully saturated rings. The Bertz CT molecular complexity index is 944. The van der Waals surface area contributed by atoms with Gasteiger partial charge in [-0.2, -0.15) is 0 Å². The molecule has 2 aromatic rings. The van der Waals surface area contributed by atoms with E-state index >= 15 is 0 Å². The second kappa shape index (κ2) is 6.59. The fraction of sp³-hybridized carbons (Fsp3) is 0.316. The van der Waals surface area contributed by atoms with Crippen LogP contribution in [0.4, 0.5) is 11.4 Å². The molecule has 1 saturated heterocycles. The minimum Gasteiger partial charge on any atom is -0.326 e. The summed E-state index contributed by atoms with van der Waals surface area (Å²) >= 11 is 6.02. The average molecular weight is 391 g/mol. The van der Waals surface area contributed by atoms with Gasteiger partial charge in [-0.05, 0) is 60.7 Å². The van der Waals surface area contributed by atoms with Crippen molar-refractivity contribution < 1.29 is 13.2 Å². The minimum atomic E-state index is -3.19. The summed E-state index contributed by atoms with van der Waals surface area (Å²) in [6, 6.07) is 14.6. The van der Waals surface area contributed by atoms with E-state index in [-0.39, 0.29) is 23.5 Å². The second-order valence-electron chi connectivity index (χ2n) is 6.78. The Morgan fingerprint density at radius 1 is 1.15 bits per heavy atom. The Morgan fingerprint density at radius 3 is 2.58 bits per heavy atom. The fourth-order valence-corrected chi connectivity index (χ4v) is 5.23. The molecular formula is C19H19ClN2O3S. The predicted molar refractivity (Wildman–Crippen MR) is 103 cm³/mol. The lowest BCUT2D eigenvalue weighted by molar-refractivity contribution is -0.117. The highest BCUT2D eigenvalue weighted by atomic mass is 35.5. The van der Waals surface area contributed by atoms with Crippen molar-refractivity contribution in [2.45, 2.75) is 18.8 Å². The van der Waals surface area contributed by atoms with Crippen LogP contribution in [0, 0.1) is 5.92 Å². The van der Waals surface area contributed by atoms with Gasteiger partial charge in [-0.1, -0.05) is 23.7 Å². The van der Waals surface area contributed by atoms with Crippen molar-refractivity contribution in [2.24, 2.45) is 5.92 Å². The number of amides is 1. The molecule has 2 aliphatic rings. The summed E-state index contributed by atoms with van der Waals surface area (Å²) in [6.07, 6.45) is 1.46. The number of nitrogens with zero attached hydrogens (tertiary/aromatic N) is 1. The highest BCUT2D eigenvalue weighted by Gasteiger charge is 2.44. The third-order valence-electron chi connectivity index (χ3n) is 4.93. The standard InChI is InChI=1S/C19H19ClN2O3S/c20-14-4-1-3-13(11-14)17-12-18(17)19(23)21-15-5-7-16(8-6-15)22-9-2-10-26(22,24)25/h1,3-8,11,17-18H,2,9-10,12H2,(H,21,23). The van der Waals surface area contributed by atoms with Crippen molar-refractivity contribution >= 4 is 38.9 Å². The van der Waals surface area contributed by atoms with Crippen LogP contribution in [0.5, 0.6) is 0 Å². The number of carbonyl (C=O) groups excluding carboxylic acids is 1. The van der Waals surface area contributed by atoms with Crippen LogP contribution in [0.15, 0.2) is 48.5 Å². The molecule has 1 saturated carbocycles. The molecule has 0 spiro atoms. The van der Waals surface area contributed by atoms with E-state index in [1.165, 1.54) is 4.31 Å². The molecule has 5 nitrogen and oxygen atoms in total. The molecule has 1 amide bonds. The Morgan fingerprint density at radius 2 is 1.92 bits per heavy atom. The number of benzene rings is 2. The number of anilines is 2. The van der Waals surface area contributed by atoms with Gasteiger partial charge in [-0.3, -0.25) is 9.10 Å². The van der Waals surface area contributed by atoms with Crippen LogP contribution in [0.1, 0.15) is 24.3 Å². The van der Waals surface area contributed by atoms with Gasteiger partial charge in [0.2, 0.25) is 15.9 Å². The zero-order valence-corrected chi connectivity index (χ0v) is 15.6. The third kappa shape index (κ3) is 3.44. The van der Waals surface area contributed by atoms with Gasteiger partial charge < -0.3 is 5.32 Å². The van der Waals surface area contributed by atoms with E-state index in [9.17, 15) is 13.2 Å². The second-order valence-corrected chi connectivity index (χ2v) is 9.23. The molecule has 0 bridgehead atoms. The van der Waals surface area contributed by atoms with Crippen LogP contribution in [-0.2, 0) is 14.8 Å². The number of nitrogens with one attached hydrogen (secondary N) is 1. The maximum atomic E-state index is 12.4. The molecule has 26 heavy (non-hydrogen) atoms. The predicted octanol–water partition coefficient (Wildman–Crippen LogP) is 3.62. The molecule has 2 aromatic carbocycles. The molecule has 2 unspecified atom stereocenters. The summed E-state index contributed by atoms with van der Waals surface area (Å²) in [5.74, 6) is 0.337. The van der Waals surface area contributed by atoms with E-state index in [0.717, 1.165) is 12.0 Å². The molecule has 1 heterocycles. The number of sulfonamides is 1. The lowest BCUT2D eigenvalue weighted by Gasteiger charge is -2.17. The number of rotatable bonds is 4. The van der Waals surface area contributed by atoms with Crippen molar-refractivity contribution in [3.8, 4) is 0 Å². The first-order chi connectivity index (χ1) is 12.4. The number of carbonyl (C=O) groups is 1. The SMILES string of the molecule is O=C(Nc1ccc(N2CCCS2(=O)=O)cc1)C1CC1c1cccc(Cl)c1. The van der Waals surface area contributed by atoms with Crippen molar-refractivity contribution in [3.05, 3.63) is 59.1 Å². The van der Waals surface area contributed by atoms with Crippen LogP contribution < -0.4 is 9.62 Å². The molecule has 4 rings (SSSR count). The Kier molecular flexibility index (Phi) is 4.40. The maximum Gasteiger partial charge on any atom is 0.235 e. The molecule has 1 N–H and O–H groups in total. The summed E-state index contributed by atoms with van der Waals surface area (Å²) in [5, 5.41) is 3.60. The molecule has 1 aliphatic heterocycles. The van der Waals surface area contributed by atoms with Crippen molar-refractivity contribution in [1.82, 2.24) is 0 Å². The van der Waals surface area contributed by atoms with Crippen LogP contribution in [-0.4, -0.2) is 26.6 Å². The van der Waals surface area contributed by atoms with E-state index in [0.29, 0.717) is 29.4 Å². The first-order valence-electron chi connectivity index (χ1n) is 8.61. The minimum absolute atomic E-state index is 0.0171. The van der Waals surface area contributed by atoms with Crippen molar-refractivity contribution in [1.29, 1.82) is 0 Å². The molecule has 0 aromatic heterocycles. The quantitative estimate of drug-likeness (QED) is 0.866. The number of hydrogen-bond donors (Lipinski definition) is 1. The first-order valence-corrected chi connectivity index (χ1v) is 10.6. The van der Waals surface area contributed by atoms with Crippen molar-refractivity contribution in [3.63, 3.8) is 0 Å². The van der Waals surface area contributed by atoms with Crippen LogP contribution >= 0.6 is 11.6 Å². The van der Waals surface area contributed by atoms with Crippen LogP contribution in [0.2, 0.25) is 5.02 Å². The van der Waals surface area contributed by atoms with E-state index < -0.39 is 10.0 Å². The number of halogens is 1. The highest BCUT2D eigenvalue weighted by Crippen LogP contribution is 2.48. The lowest BCUT2D eigenvalue weighted by atomic mass is 10.1. The summed E-state index contributed by atoms with van der Waals surface area (Å²) < 4.78 is 25.4. The smallest absolute Gasteiger partial charge is 0.235 e. The lowest BCUT2D eigenvalue weighted by Crippen LogP contribution is -2.25.